The van der Waals surface area contributed by atoms with E-state index in [0.717, 1.165) is 6.92 Å². The highest BCUT2D eigenvalue weighted by Crippen LogP contribution is 2.33. The molecular weight excluding hydrogens is 297 g/mol. The van der Waals surface area contributed by atoms with Crippen molar-refractivity contribution in [3.8, 4) is 0 Å². The molecule has 0 aromatic carbocycles. The Kier molecular flexibility index (Phi) is 4.06. The van der Waals surface area contributed by atoms with Crippen LogP contribution in [0.2, 0.25) is 0 Å². The molecule has 0 radical (unpaired) electrons. The number of nitrogens with zero attached hydrogens (tertiary/aromatic N) is 2. The van der Waals surface area contributed by atoms with Crippen LogP contribution in [-0.4, -0.2) is 49.8 Å². The van der Waals surface area contributed by atoms with Gasteiger partial charge in [-0.25, -0.2) is 4.79 Å². The number of hydrogen-bond donors (Lipinski definition) is 3. The Labute approximate surface area is 116 Å². The summed E-state index contributed by atoms with van der Waals surface area (Å²) in [4.78, 5) is 14.9. The molecule has 0 saturated carbocycles. The molecule has 1 fully saturated rings. The fourth-order valence-electron chi connectivity index (χ4n) is 2.12. The molecule has 1 saturated heterocycles. The molecule has 0 spiro atoms. The van der Waals surface area contributed by atoms with Crippen molar-refractivity contribution in [2.45, 2.75) is 37.6 Å². The zero-order valence-corrected chi connectivity index (χ0v) is 10.8. The Bertz CT molecular complexity index is 588. The van der Waals surface area contributed by atoms with Crippen LogP contribution in [0.15, 0.2) is 11.0 Å². The van der Waals surface area contributed by atoms with Crippen LogP contribution in [0.1, 0.15) is 17.5 Å². The summed E-state index contributed by atoms with van der Waals surface area (Å²) in [7, 11) is 0. The van der Waals surface area contributed by atoms with Crippen LogP contribution in [-0.2, 0) is 10.9 Å². The highest BCUT2D eigenvalue weighted by Gasteiger charge is 2.44. The predicted molar refractivity (Wildman–Crippen MR) is 61.2 cm³/mol. The van der Waals surface area contributed by atoms with E-state index in [1.807, 2.05) is 0 Å². The third kappa shape index (κ3) is 2.79. The van der Waals surface area contributed by atoms with Gasteiger partial charge in [-0.15, -0.1) is 0 Å². The Morgan fingerprint density at radius 2 is 2.00 bits per heavy atom. The molecule has 2 rings (SSSR count). The summed E-state index contributed by atoms with van der Waals surface area (Å²) >= 11 is 0. The molecular formula is C11H13F3N2O5. The molecule has 2 heterocycles. The van der Waals surface area contributed by atoms with Crippen LogP contribution in [0.4, 0.5) is 13.2 Å². The third-order valence-corrected chi connectivity index (χ3v) is 3.24. The number of alkyl halides is 3. The van der Waals surface area contributed by atoms with Crippen LogP contribution in [0.25, 0.3) is 0 Å². The highest BCUT2D eigenvalue weighted by molar-refractivity contribution is 5.19. The van der Waals surface area contributed by atoms with E-state index < -0.39 is 54.3 Å². The van der Waals surface area contributed by atoms with E-state index in [4.69, 9.17) is 9.84 Å². The third-order valence-electron chi connectivity index (χ3n) is 3.24. The van der Waals surface area contributed by atoms with Crippen LogP contribution in [0.5, 0.6) is 0 Å². The molecule has 7 nitrogen and oxygen atoms in total. The molecule has 3 N–H and O–H groups in total. The summed E-state index contributed by atoms with van der Waals surface area (Å²) in [5.74, 6) is 0. The summed E-state index contributed by atoms with van der Waals surface area (Å²) in [6.07, 6.45) is -10.2. The number of ether oxygens (including phenoxy) is 1. The molecule has 0 amide bonds. The molecule has 10 heteroatoms. The van der Waals surface area contributed by atoms with E-state index in [9.17, 15) is 28.2 Å². The SMILES string of the molecule is Cc1nc(=O)n([C@@H]2O[C@H](CO)C(O)[C@@H]2O)cc1C(F)(F)F. The fraction of sp³-hybridized carbons (Fsp3) is 0.636. The monoisotopic (exact) mass is 310 g/mol. The van der Waals surface area contributed by atoms with Crippen molar-refractivity contribution in [1.82, 2.24) is 9.55 Å². The number of hydrogen-bond acceptors (Lipinski definition) is 6. The standard InChI is InChI=1S/C11H13F3N2O5/c1-4-5(11(12,13)14)2-16(10(20)15-4)9-8(19)7(18)6(3-17)21-9/h2,6-9,17-19H,3H2,1H3/t6-,7?,8+,9-/m1/s1. The summed E-state index contributed by atoms with van der Waals surface area (Å²) < 4.78 is 43.9. The van der Waals surface area contributed by atoms with Gasteiger partial charge in [0.05, 0.1) is 17.9 Å². The maximum atomic E-state index is 12.8. The Morgan fingerprint density at radius 1 is 1.38 bits per heavy atom. The first-order chi connectivity index (χ1) is 9.66. The van der Waals surface area contributed by atoms with Gasteiger partial charge in [0.15, 0.2) is 6.23 Å². The molecule has 4 atom stereocenters. The van der Waals surface area contributed by atoms with Gasteiger partial charge >= 0.3 is 11.9 Å². The number of halogens is 3. The average Bonchev–Trinajstić information content (AvgIpc) is 2.65. The van der Waals surface area contributed by atoms with Crippen molar-refractivity contribution in [2.75, 3.05) is 6.61 Å². The number of aliphatic hydroxyl groups is 3. The van der Waals surface area contributed by atoms with Crippen molar-refractivity contribution in [3.63, 3.8) is 0 Å². The molecule has 1 unspecified atom stereocenters. The van der Waals surface area contributed by atoms with Gasteiger partial charge in [-0.2, -0.15) is 18.2 Å². The second-order valence-electron chi connectivity index (χ2n) is 4.66. The zero-order valence-electron chi connectivity index (χ0n) is 10.8. The number of aromatic nitrogens is 2. The van der Waals surface area contributed by atoms with Gasteiger partial charge in [0.25, 0.3) is 0 Å². The lowest BCUT2D eigenvalue weighted by Crippen LogP contribution is -2.37. The first kappa shape index (κ1) is 15.9. The molecule has 1 aliphatic rings. The van der Waals surface area contributed by atoms with Gasteiger partial charge in [0, 0.05) is 6.20 Å². The van der Waals surface area contributed by atoms with Crippen LogP contribution in [0, 0.1) is 6.92 Å². The van der Waals surface area contributed by atoms with E-state index >= 15 is 0 Å². The maximum absolute atomic E-state index is 12.8. The number of aliphatic hydroxyl groups excluding tert-OH is 3. The van der Waals surface area contributed by atoms with Crippen LogP contribution in [0.3, 0.4) is 0 Å². The Balaban J connectivity index is 2.48. The molecule has 21 heavy (non-hydrogen) atoms. The van der Waals surface area contributed by atoms with E-state index in [1.54, 1.807) is 0 Å². The first-order valence-electron chi connectivity index (χ1n) is 5.96. The number of rotatable bonds is 2. The first-order valence-corrected chi connectivity index (χ1v) is 5.96. The maximum Gasteiger partial charge on any atom is 0.419 e. The zero-order chi connectivity index (χ0) is 15.9. The van der Waals surface area contributed by atoms with E-state index in [1.165, 1.54) is 0 Å². The van der Waals surface area contributed by atoms with Crippen molar-refractivity contribution >= 4 is 0 Å². The summed E-state index contributed by atoms with van der Waals surface area (Å²) in [5.41, 5.74) is -2.72. The van der Waals surface area contributed by atoms with Crippen LogP contribution < -0.4 is 5.69 Å². The van der Waals surface area contributed by atoms with Gasteiger partial charge in [-0.1, -0.05) is 0 Å². The molecule has 1 aliphatic heterocycles. The smallest absolute Gasteiger partial charge is 0.394 e. The average molecular weight is 310 g/mol. The lowest BCUT2D eigenvalue weighted by atomic mass is 10.1. The van der Waals surface area contributed by atoms with Gasteiger partial charge in [0.1, 0.15) is 18.3 Å². The quantitative estimate of drug-likeness (QED) is 0.659. The largest absolute Gasteiger partial charge is 0.419 e. The van der Waals surface area contributed by atoms with Gasteiger partial charge in [-0.3, -0.25) is 4.57 Å². The van der Waals surface area contributed by atoms with Crippen LogP contribution >= 0.6 is 0 Å². The minimum atomic E-state index is -4.73. The second kappa shape index (κ2) is 5.37. The summed E-state index contributed by atoms with van der Waals surface area (Å²) in [5, 5.41) is 28.3. The van der Waals surface area contributed by atoms with E-state index in [2.05, 4.69) is 4.98 Å². The van der Waals surface area contributed by atoms with Crippen molar-refractivity contribution < 1.29 is 33.2 Å². The van der Waals surface area contributed by atoms with Gasteiger partial charge in [-0.05, 0) is 6.92 Å². The predicted octanol–water partition coefficient (Wildman–Crippen LogP) is -0.818. The lowest BCUT2D eigenvalue weighted by molar-refractivity contribution is -0.139. The molecule has 1 aromatic rings. The summed E-state index contributed by atoms with van der Waals surface area (Å²) in [6, 6.07) is 0. The molecule has 0 bridgehead atoms. The minimum Gasteiger partial charge on any atom is -0.394 e. The highest BCUT2D eigenvalue weighted by atomic mass is 19.4. The Hall–Kier alpha value is -1.49. The molecule has 1 aromatic heterocycles. The van der Waals surface area contributed by atoms with Gasteiger partial charge < -0.3 is 20.1 Å². The number of aryl methyl sites for hydroxylation is 1. The van der Waals surface area contributed by atoms with E-state index in [-0.39, 0.29) is 0 Å². The minimum absolute atomic E-state index is 0.458. The van der Waals surface area contributed by atoms with Crippen molar-refractivity contribution in [2.24, 2.45) is 0 Å². The van der Waals surface area contributed by atoms with Crippen molar-refractivity contribution in [3.05, 3.63) is 27.9 Å². The van der Waals surface area contributed by atoms with Crippen molar-refractivity contribution in [1.29, 1.82) is 0 Å². The fourth-order valence-corrected chi connectivity index (χ4v) is 2.12. The van der Waals surface area contributed by atoms with E-state index in [0.29, 0.717) is 10.8 Å². The molecule has 0 aliphatic carbocycles. The Morgan fingerprint density at radius 3 is 2.48 bits per heavy atom. The molecule has 118 valence electrons. The second-order valence-corrected chi connectivity index (χ2v) is 4.66. The topological polar surface area (TPSA) is 105 Å². The summed E-state index contributed by atoms with van der Waals surface area (Å²) in [6.45, 7) is 0.376. The van der Waals surface area contributed by atoms with Gasteiger partial charge in [0.2, 0.25) is 0 Å². The normalized spacial score (nSPS) is 29.9. The lowest BCUT2D eigenvalue weighted by Gasteiger charge is -2.19.